The van der Waals surface area contributed by atoms with Crippen molar-refractivity contribution < 1.29 is 14.6 Å². The van der Waals surface area contributed by atoms with E-state index < -0.39 is 0 Å². The molecule has 1 N–H and O–H groups in total. The largest absolute Gasteiger partial charge is 0.511 e. The quantitative estimate of drug-likeness (QED) is 0.513. The van der Waals surface area contributed by atoms with Gasteiger partial charge in [0, 0.05) is 16.9 Å². The summed E-state index contributed by atoms with van der Waals surface area (Å²) < 4.78 is 6.98. The first kappa shape index (κ1) is 18.6. The summed E-state index contributed by atoms with van der Waals surface area (Å²) in [6.07, 6.45) is 3.30. The van der Waals surface area contributed by atoms with E-state index in [1.807, 2.05) is 30.3 Å². The zero-order valence-corrected chi connectivity index (χ0v) is 17.5. The molecular formula is C23H20ClNO3S. The Labute approximate surface area is 177 Å². The first-order valence-corrected chi connectivity index (χ1v) is 11.1. The van der Waals surface area contributed by atoms with Gasteiger partial charge in [0.05, 0.1) is 15.8 Å². The van der Waals surface area contributed by atoms with Crippen LogP contribution in [0, 0.1) is 11.8 Å². The molecule has 29 heavy (non-hydrogen) atoms. The second-order valence-electron chi connectivity index (χ2n) is 7.70. The molecule has 1 saturated carbocycles. The van der Waals surface area contributed by atoms with E-state index >= 15 is 0 Å². The van der Waals surface area contributed by atoms with E-state index in [2.05, 4.69) is 11.9 Å². The van der Waals surface area contributed by atoms with Gasteiger partial charge in [-0.15, -0.1) is 0 Å². The molecule has 1 fully saturated rings. The third-order valence-corrected chi connectivity index (χ3v) is 7.09. The van der Waals surface area contributed by atoms with Gasteiger partial charge < -0.3 is 9.84 Å². The molecule has 2 aromatic carbocycles. The number of carbonyl (C=O) groups excluding carboxylic acids is 1. The predicted octanol–water partition coefficient (Wildman–Crippen LogP) is 6.57. The number of hydrogen-bond acceptors (Lipinski definition) is 5. The number of carbonyl (C=O) groups is 1. The SMILES string of the molecule is CCc1ccc(Oc2nc3ccc(Cl)cc3s2)cc1C1=C(O)[C@H]2CC[C@H](C2)C1=O. The monoisotopic (exact) mass is 425 g/mol. The molecule has 2 bridgehead atoms. The lowest BCUT2D eigenvalue weighted by Crippen LogP contribution is -2.21. The van der Waals surface area contributed by atoms with Crippen LogP contribution >= 0.6 is 22.9 Å². The topological polar surface area (TPSA) is 59.4 Å². The number of allylic oxidation sites excluding steroid dienone is 2. The van der Waals surface area contributed by atoms with Gasteiger partial charge in [0.25, 0.3) is 5.19 Å². The Morgan fingerprint density at radius 3 is 2.86 bits per heavy atom. The van der Waals surface area contributed by atoms with Crippen LogP contribution in [0.3, 0.4) is 0 Å². The molecule has 6 heteroatoms. The number of thiazole rings is 1. The van der Waals surface area contributed by atoms with Crippen LogP contribution in [0.1, 0.15) is 37.3 Å². The van der Waals surface area contributed by atoms with Crippen molar-refractivity contribution in [1.82, 2.24) is 4.98 Å². The van der Waals surface area contributed by atoms with Crippen LogP contribution in [0.25, 0.3) is 15.8 Å². The Morgan fingerprint density at radius 2 is 2.03 bits per heavy atom. The summed E-state index contributed by atoms with van der Waals surface area (Å²) in [5, 5.41) is 12.0. The average Bonchev–Trinajstić information content (AvgIpc) is 3.32. The normalized spacial score (nSPS) is 21.2. The lowest BCUT2D eigenvalue weighted by Gasteiger charge is -2.23. The van der Waals surface area contributed by atoms with Gasteiger partial charge in [0.15, 0.2) is 5.78 Å². The van der Waals surface area contributed by atoms with E-state index in [0.29, 0.717) is 21.5 Å². The fraction of sp³-hybridized carbons (Fsp3) is 0.304. The van der Waals surface area contributed by atoms with Crippen molar-refractivity contribution in [2.45, 2.75) is 32.6 Å². The number of aliphatic hydroxyl groups excluding tert-OH is 1. The first-order chi connectivity index (χ1) is 14.0. The number of aromatic nitrogens is 1. The molecule has 148 valence electrons. The number of fused-ring (bicyclic) bond motifs is 3. The number of benzene rings is 2. The van der Waals surface area contributed by atoms with Crippen molar-refractivity contribution in [2.75, 3.05) is 0 Å². The summed E-state index contributed by atoms with van der Waals surface area (Å²) in [6, 6.07) is 11.3. The highest BCUT2D eigenvalue weighted by molar-refractivity contribution is 7.20. The van der Waals surface area contributed by atoms with Gasteiger partial charge in [-0.3, -0.25) is 4.79 Å². The molecule has 1 aromatic heterocycles. The maximum absolute atomic E-state index is 13.0. The number of aliphatic hydroxyl groups is 1. The van der Waals surface area contributed by atoms with Gasteiger partial charge in [0.1, 0.15) is 11.5 Å². The Hall–Kier alpha value is -2.37. The molecule has 0 amide bonds. The second kappa shape index (κ2) is 7.15. The van der Waals surface area contributed by atoms with Crippen LogP contribution < -0.4 is 4.74 Å². The molecule has 0 aliphatic heterocycles. The van der Waals surface area contributed by atoms with E-state index in [1.54, 1.807) is 6.07 Å². The summed E-state index contributed by atoms with van der Waals surface area (Å²) in [5.74, 6) is 1.07. The van der Waals surface area contributed by atoms with Crippen molar-refractivity contribution in [3.63, 3.8) is 0 Å². The number of rotatable bonds is 4. The lowest BCUT2D eigenvalue weighted by molar-refractivity contribution is -0.117. The molecular weight excluding hydrogens is 406 g/mol. The zero-order chi connectivity index (χ0) is 20.1. The van der Waals surface area contributed by atoms with Crippen molar-refractivity contribution in [3.8, 4) is 10.9 Å². The Bertz CT molecular complexity index is 1170. The summed E-state index contributed by atoms with van der Waals surface area (Å²) >= 11 is 7.49. The van der Waals surface area contributed by atoms with Crippen molar-refractivity contribution >= 4 is 44.5 Å². The third-order valence-electron chi connectivity index (χ3n) is 5.96. The third kappa shape index (κ3) is 3.22. The van der Waals surface area contributed by atoms with Gasteiger partial charge in [-0.05, 0) is 67.1 Å². The summed E-state index contributed by atoms with van der Waals surface area (Å²) in [5.41, 5.74) is 3.14. The minimum atomic E-state index is 0.0363. The summed E-state index contributed by atoms with van der Waals surface area (Å²) in [7, 11) is 0. The van der Waals surface area contributed by atoms with E-state index in [1.165, 1.54) is 11.3 Å². The molecule has 0 radical (unpaired) electrons. The maximum Gasteiger partial charge on any atom is 0.279 e. The van der Waals surface area contributed by atoms with E-state index in [0.717, 1.165) is 47.0 Å². The predicted molar refractivity (Wildman–Crippen MR) is 116 cm³/mol. The zero-order valence-electron chi connectivity index (χ0n) is 15.9. The van der Waals surface area contributed by atoms with Crippen molar-refractivity contribution in [3.05, 3.63) is 58.3 Å². The fourth-order valence-corrected chi connectivity index (χ4v) is 5.57. The fourth-order valence-electron chi connectivity index (χ4n) is 4.46. The summed E-state index contributed by atoms with van der Waals surface area (Å²) in [6.45, 7) is 2.05. The molecule has 0 unspecified atom stereocenters. The highest BCUT2D eigenvalue weighted by Crippen LogP contribution is 2.46. The van der Waals surface area contributed by atoms with Gasteiger partial charge in [0.2, 0.25) is 0 Å². The molecule has 0 spiro atoms. The van der Waals surface area contributed by atoms with Crippen LogP contribution in [0.4, 0.5) is 0 Å². The molecule has 2 aliphatic carbocycles. The van der Waals surface area contributed by atoms with Crippen molar-refractivity contribution in [2.24, 2.45) is 11.8 Å². The highest BCUT2D eigenvalue weighted by atomic mass is 35.5. The standard InChI is InChI=1S/C23H20ClNO3S/c1-2-12-5-7-16(28-23-25-18-8-6-15(24)10-19(18)29-23)11-17(12)20-21(26)13-3-4-14(9-13)22(20)27/h5-8,10-11,13-14,26H,2-4,9H2,1H3/t13-,14+/m0/s1. The van der Waals surface area contributed by atoms with Gasteiger partial charge in [-0.25, -0.2) is 4.98 Å². The van der Waals surface area contributed by atoms with Crippen LogP contribution in [-0.2, 0) is 11.2 Å². The van der Waals surface area contributed by atoms with Crippen LogP contribution in [0.2, 0.25) is 5.02 Å². The first-order valence-electron chi connectivity index (χ1n) is 9.88. The van der Waals surface area contributed by atoms with Crippen LogP contribution in [0.15, 0.2) is 42.2 Å². The Kier molecular flexibility index (Phi) is 4.60. The molecule has 1 heterocycles. The van der Waals surface area contributed by atoms with Gasteiger partial charge >= 0.3 is 0 Å². The number of hydrogen-bond donors (Lipinski definition) is 1. The number of nitrogens with zero attached hydrogens (tertiary/aromatic N) is 1. The number of ketones is 1. The Balaban J connectivity index is 1.54. The molecule has 3 aromatic rings. The molecule has 2 aliphatic rings. The average molecular weight is 426 g/mol. The molecule has 5 rings (SSSR count). The van der Waals surface area contributed by atoms with Crippen LogP contribution in [0.5, 0.6) is 10.9 Å². The van der Waals surface area contributed by atoms with Crippen LogP contribution in [-0.4, -0.2) is 15.9 Å². The van der Waals surface area contributed by atoms with E-state index in [4.69, 9.17) is 16.3 Å². The minimum absolute atomic E-state index is 0.0363. The molecule has 0 saturated heterocycles. The minimum Gasteiger partial charge on any atom is -0.511 e. The lowest BCUT2D eigenvalue weighted by atomic mass is 9.81. The second-order valence-corrected chi connectivity index (χ2v) is 9.13. The van der Waals surface area contributed by atoms with Gasteiger partial charge in [-0.1, -0.05) is 35.9 Å². The van der Waals surface area contributed by atoms with Gasteiger partial charge in [-0.2, -0.15) is 0 Å². The van der Waals surface area contributed by atoms with E-state index in [-0.39, 0.29) is 23.4 Å². The number of halogens is 1. The number of ether oxygens (including phenoxy) is 1. The molecule has 2 atom stereocenters. The Morgan fingerprint density at radius 1 is 1.21 bits per heavy atom. The number of aryl methyl sites for hydroxylation is 1. The smallest absolute Gasteiger partial charge is 0.279 e. The van der Waals surface area contributed by atoms with E-state index in [9.17, 15) is 9.90 Å². The summed E-state index contributed by atoms with van der Waals surface area (Å²) in [4.78, 5) is 17.5. The van der Waals surface area contributed by atoms with Crippen molar-refractivity contribution in [1.29, 1.82) is 0 Å². The number of Topliss-reactive ketones (excluding diaryl/α,β-unsaturated/α-hetero) is 1. The highest BCUT2D eigenvalue weighted by Gasteiger charge is 2.41. The maximum atomic E-state index is 13.0. The molecule has 4 nitrogen and oxygen atoms in total.